The van der Waals surface area contributed by atoms with Crippen molar-refractivity contribution in [1.29, 1.82) is 0 Å². The van der Waals surface area contributed by atoms with Crippen LogP contribution in [0, 0.1) is 5.82 Å². The molecule has 0 fully saturated rings. The number of rotatable bonds is 4. The molecule has 0 heterocycles. The summed E-state index contributed by atoms with van der Waals surface area (Å²) in [6.07, 6.45) is 1.79. The number of amides is 1. The number of hydrogen-bond donors (Lipinski definition) is 2. The number of aliphatic hydroxyl groups excluding tert-OH is 1. The fourth-order valence-corrected chi connectivity index (χ4v) is 1.52. The molecule has 2 N–H and O–H groups in total. The minimum absolute atomic E-state index is 0.161. The van der Waals surface area contributed by atoms with Crippen LogP contribution in [0.3, 0.4) is 0 Å². The Kier molecular flexibility index (Phi) is 5.09. The summed E-state index contributed by atoms with van der Waals surface area (Å²) in [5.74, 6) is -0.920. The van der Waals surface area contributed by atoms with Crippen LogP contribution in [0.2, 0.25) is 5.02 Å². The molecule has 0 aliphatic heterocycles. The van der Waals surface area contributed by atoms with Gasteiger partial charge in [0.25, 0.3) is 0 Å². The van der Waals surface area contributed by atoms with Crippen LogP contribution in [0.15, 0.2) is 24.3 Å². The van der Waals surface area contributed by atoms with Gasteiger partial charge in [-0.2, -0.15) is 0 Å². The van der Waals surface area contributed by atoms with Crippen molar-refractivity contribution in [3.63, 3.8) is 0 Å². The predicted octanol–water partition coefficient (Wildman–Crippen LogP) is 2.77. The standard InChI is InChI=1S/C14H17ClFNO2/c1-9(18)14(2,3)17-13(19)8-7-10-11(15)5-4-6-12(10)16/h4-9,18H,1-3H3,(H,17,19)/b8-7+. The third-order valence-corrected chi connectivity index (χ3v) is 3.22. The van der Waals surface area contributed by atoms with E-state index in [1.54, 1.807) is 26.8 Å². The van der Waals surface area contributed by atoms with Gasteiger partial charge >= 0.3 is 0 Å². The summed E-state index contributed by atoms with van der Waals surface area (Å²) in [6, 6.07) is 4.30. The van der Waals surface area contributed by atoms with Crippen molar-refractivity contribution in [2.24, 2.45) is 0 Å². The van der Waals surface area contributed by atoms with E-state index in [9.17, 15) is 14.3 Å². The molecule has 5 heteroatoms. The molecular formula is C14H17ClFNO2. The summed E-state index contributed by atoms with van der Waals surface area (Å²) in [5, 5.41) is 12.3. The van der Waals surface area contributed by atoms with Gasteiger partial charge in [-0.1, -0.05) is 17.7 Å². The van der Waals surface area contributed by atoms with Crippen molar-refractivity contribution in [2.75, 3.05) is 0 Å². The number of aliphatic hydroxyl groups is 1. The van der Waals surface area contributed by atoms with Crippen LogP contribution >= 0.6 is 11.6 Å². The molecule has 1 aromatic rings. The molecule has 1 atom stereocenters. The fraction of sp³-hybridized carbons (Fsp3) is 0.357. The van der Waals surface area contributed by atoms with Crippen LogP contribution in [-0.4, -0.2) is 22.7 Å². The van der Waals surface area contributed by atoms with E-state index < -0.39 is 23.4 Å². The van der Waals surface area contributed by atoms with E-state index in [2.05, 4.69) is 5.32 Å². The van der Waals surface area contributed by atoms with Gasteiger partial charge in [0.05, 0.1) is 16.7 Å². The van der Waals surface area contributed by atoms with E-state index in [4.69, 9.17) is 11.6 Å². The Labute approximate surface area is 117 Å². The summed E-state index contributed by atoms with van der Waals surface area (Å²) in [6.45, 7) is 4.97. The summed E-state index contributed by atoms with van der Waals surface area (Å²) >= 11 is 5.83. The Balaban J connectivity index is 2.80. The first-order valence-electron chi connectivity index (χ1n) is 5.86. The van der Waals surface area contributed by atoms with Gasteiger partial charge in [-0.3, -0.25) is 4.79 Å². The zero-order chi connectivity index (χ0) is 14.6. The minimum atomic E-state index is -0.763. The van der Waals surface area contributed by atoms with Crippen LogP contribution in [0.25, 0.3) is 6.08 Å². The van der Waals surface area contributed by atoms with Crippen molar-refractivity contribution in [2.45, 2.75) is 32.4 Å². The molecule has 0 aliphatic rings. The second kappa shape index (κ2) is 6.17. The van der Waals surface area contributed by atoms with Crippen molar-refractivity contribution >= 4 is 23.6 Å². The maximum absolute atomic E-state index is 13.5. The average Bonchev–Trinajstić information content (AvgIpc) is 2.27. The first kappa shape index (κ1) is 15.7. The molecule has 1 amide bonds. The smallest absolute Gasteiger partial charge is 0.244 e. The lowest BCUT2D eigenvalue weighted by Gasteiger charge is -2.28. The SMILES string of the molecule is CC(O)C(C)(C)NC(=O)/C=C/c1c(F)cccc1Cl. The monoisotopic (exact) mass is 285 g/mol. The van der Waals surface area contributed by atoms with Crippen LogP contribution in [0.4, 0.5) is 4.39 Å². The molecule has 1 aromatic carbocycles. The highest BCUT2D eigenvalue weighted by atomic mass is 35.5. The van der Waals surface area contributed by atoms with Crippen molar-refractivity contribution in [3.8, 4) is 0 Å². The van der Waals surface area contributed by atoms with E-state index in [0.29, 0.717) is 0 Å². The van der Waals surface area contributed by atoms with Gasteiger partial charge in [-0.25, -0.2) is 4.39 Å². The Hall–Kier alpha value is -1.39. The number of benzene rings is 1. The third kappa shape index (κ3) is 4.33. The maximum Gasteiger partial charge on any atom is 0.244 e. The number of halogens is 2. The minimum Gasteiger partial charge on any atom is -0.391 e. The summed E-state index contributed by atoms with van der Waals surface area (Å²) < 4.78 is 13.5. The van der Waals surface area contributed by atoms with Gasteiger partial charge in [-0.05, 0) is 39.0 Å². The van der Waals surface area contributed by atoms with Crippen molar-refractivity contribution in [3.05, 3.63) is 40.7 Å². The summed E-state index contributed by atoms with van der Waals surface area (Å²) in [5.41, 5.74) is -0.602. The van der Waals surface area contributed by atoms with Crippen LogP contribution in [-0.2, 0) is 4.79 Å². The second-order valence-corrected chi connectivity index (χ2v) is 5.26. The van der Waals surface area contributed by atoms with Crippen LogP contribution < -0.4 is 5.32 Å². The lowest BCUT2D eigenvalue weighted by molar-refractivity contribution is -0.119. The third-order valence-electron chi connectivity index (χ3n) is 2.89. The number of carbonyl (C=O) groups is 1. The molecular weight excluding hydrogens is 269 g/mol. The lowest BCUT2D eigenvalue weighted by Crippen LogP contribution is -2.50. The zero-order valence-corrected chi connectivity index (χ0v) is 11.8. The van der Waals surface area contributed by atoms with Gasteiger partial charge in [0.1, 0.15) is 5.82 Å². The molecule has 0 bridgehead atoms. The van der Waals surface area contributed by atoms with Gasteiger partial charge in [0.2, 0.25) is 5.91 Å². The molecule has 3 nitrogen and oxygen atoms in total. The molecule has 0 aliphatic carbocycles. The number of hydrogen-bond acceptors (Lipinski definition) is 2. The Morgan fingerprint density at radius 1 is 1.53 bits per heavy atom. The predicted molar refractivity (Wildman–Crippen MR) is 74.3 cm³/mol. The summed E-state index contributed by atoms with van der Waals surface area (Å²) in [7, 11) is 0. The summed E-state index contributed by atoms with van der Waals surface area (Å²) in [4.78, 5) is 11.7. The van der Waals surface area contributed by atoms with Crippen LogP contribution in [0.5, 0.6) is 0 Å². The lowest BCUT2D eigenvalue weighted by atomic mass is 9.99. The average molecular weight is 286 g/mol. The molecule has 1 rings (SSSR count). The van der Waals surface area contributed by atoms with Gasteiger partial charge in [0, 0.05) is 11.6 Å². The second-order valence-electron chi connectivity index (χ2n) is 4.86. The number of nitrogens with one attached hydrogen (secondary N) is 1. The molecule has 1 unspecified atom stereocenters. The van der Waals surface area contributed by atoms with Crippen LogP contribution in [0.1, 0.15) is 26.3 Å². The van der Waals surface area contributed by atoms with Gasteiger partial charge in [0.15, 0.2) is 0 Å². The van der Waals surface area contributed by atoms with E-state index in [0.717, 1.165) is 0 Å². The fourth-order valence-electron chi connectivity index (χ4n) is 1.29. The Morgan fingerprint density at radius 3 is 2.68 bits per heavy atom. The highest BCUT2D eigenvalue weighted by Crippen LogP contribution is 2.20. The van der Waals surface area contributed by atoms with E-state index in [-0.39, 0.29) is 10.6 Å². The van der Waals surface area contributed by atoms with E-state index >= 15 is 0 Å². The molecule has 0 radical (unpaired) electrons. The largest absolute Gasteiger partial charge is 0.391 e. The zero-order valence-electron chi connectivity index (χ0n) is 11.1. The highest BCUT2D eigenvalue weighted by molar-refractivity contribution is 6.32. The van der Waals surface area contributed by atoms with E-state index in [1.807, 2.05) is 0 Å². The molecule has 0 aromatic heterocycles. The Bertz CT molecular complexity index is 478. The first-order chi connectivity index (χ1) is 8.74. The van der Waals surface area contributed by atoms with Gasteiger partial charge in [-0.15, -0.1) is 0 Å². The van der Waals surface area contributed by atoms with E-state index in [1.165, 1.54) is 24.3 Å². The molecule has 0 spiro atoms. The first-order valence-corrected chi connectivity index (χ1v) is 6.24. The normalized spacial score (nSPS) is 13.6. The maximum atomic E-state index is 13.5. The molecule has 19 heavy (non-hydrogen) atoms. The molecule has 0 saturated heterocycles. The molecule has 104 valence electrons. The number of carbonyl (C=O) groups excluding carboxylic acids is 1. The van der Waals surface area contributed by atoms with Crippen molar-refractivity contribution in [1.82, 2.24) is 5.32 Å². The van der Waals surface area contributed by atoms with Gasteiger partial charge < -0.3 is 10.4 Å². The van der Waals surface area contributed by atoms with Crippen molar-refractivity contribution < 1.29 is 14.3 Å². The Morgan fingerprint density at radius 2 is 2.16 bits per heavy atom. The highest BCUT2D eigenvalue weighted by Gasteiger charge is 2.25. The topological polar surface area (TPSA) is 49.3 Å². The molecule has 0 saturated carbocycles. The quantitative estimate of drug-likeness (QED) is 0.836.